The van der Waals surface area contributed by atoms with Crippen LogP contribution in [0.4, 0.5) is 5.69 Å². The molecule has 1 fully saturated rings. The Morgan fingerprint density at radius 3 is 2.40 bits per heavy atom. The predicted molar refractivity (Wildman–Crippen MR) is 85.4 cm³/mol. The van der Waals surface area contributed by atoms with E-state index in [1.807, 2.05) is 31.2 Å². The normalized spacial score (nSPS) is 25.4. The van der Waals surface area contributed by atoms with Crippen LogP contribution in [0.5, 0.6) is 0 Å². The molecule has 0 spiro atoms. The molecule has 3 unspecified atom stereocenters. The first-order chi connectivity index (χ1) is 9.51. The van der Waals surface area contributed by atoms with E-state index in [2.05, 4.69) is 27.9 Å². The lowest BCUT2D eigenvalue weighted by Gasteiger charge is -2.15. The first-order valence-electron chi connectivity index (χ1n) is 6.80. The van der Waals surface area contributed by atoms with E-state index in [1.165, 1.54) is 0 Å². The number of carbonyl (C=O) groups is 2. The second kappa shape index (κ2) is 6.56. The van der Waals surface area contributed by atoms with Gasteiger partial charge in [-0.15, -0.1) is 0 Å². The van der Waals surface area contributed by atoms with E-state index in [0.29, 0.717) is 18.8 Å². The van der Waals surface area contributed by atoms with Crippen LogP contribution in [0.15, 0.2) is 24.3 Å². The number of hydrogen-bond donors (Lipinski definition) is 2. The van der Waals surface area contributed by atoms with Crippen LogP contribution in [0, 0.1) is 21.3 Å². The molecule has 1 amide bonds. The van der Waals surface area contributed by atoms with Crippen LogP contribution in [-0.4, -0.2) is 17.0 Å². The van der Waals surface area contributed by atoms with Gasteiger partial charge in [-0.25, -0.2) is 0 Å². The average Bonchev–Trinajstić information content (AvgIpc) is 2.86. The Hall–Kier alpha value is -1.11. The summed E-state index contributed by atoms with van der Waals surface area (Å²) in [6, 6.07) is 7.49. The van der Waals surface area contributed by atoms with Crippen molar-refractivity contribution in [1.29, 1.82) is 0 Å². The number of halogens is 1. The smallest absolute Gasteiger partial charge is 0.307 e. The van der Waals surface area contributed by atoms with Crippen molar-refractivity contribution in [2.45, 2.75) is 26.2 Å². The van der Waals surface area contributed by atoms with Gasteiger partial charge in [0.1, 0.15) is 0 Å². The number of amides is 1. The molecule has 108 valence electrons. The molecule has 1 aliphatic carbocycles. The van der Waals surface area contributed by atoms with Gasteiger partial charge in [0, 0.05) is 9.26 Å². The van der Waals surface area contributed by atoms with Gasteiger partial charge >= 0.3 is 5.97 Å². The van der Waals surface area contributed by atoms with E-state index < -0.39 is 17.8 Å². The van der Waals surface area contributed by atoms with Crippen molar-refractivity contribution in [3.8, 4) is 0 Å². The molecule has 1 aromatic carbocycles. The quantitative estimate of drug-likeness (QED) is 0.779. The summed E-state index contributed by atoms with van der Waals surface area (Å²) in [7, 11) is 0. The van der Waals surface area contributed by atoms with Crippen LogP contribution in [0.1, 0.15) is 26.2 Å². The van der Waals surface area contributed by atoms with Gasteiger partial charge in [-0.2, -0.15) is 0 Å². The SMILES string of the molecule is CCC1CC(C(=O)O)C(C(=O)Nc2ccc(I)cc2)C1. The largest absolute Gasteiger partial charge is 0.481 e. The lowest BCUT2D eigenvalue weighted by atomic mass is 9.95. The third-order valence-corrected chi connectivity index (χ3v) is 4.72. The summed E-state index contributed by atoms with van der Waals surface area (Å²) >= 11 is 2.20. The number of carboxylic acids is 1. The van der Waals surface area contributed by atoms with E-state index in [-0.39, 0.29) is 5.91 Å². The second-order valence-corrected chi connectivity index (χ2v) is 6.54. The molecule has 1 aromatic rings. The van der Waals surface area contributed by atoms with Crippen molar-refractivity contribution >= 4 is 40.2 Å². The lowest BCUT2D eigenvalue weighted by molar-refractivity contribution is -0.145. The topological polar surface area (TPSA) is 66.4 Å². The van der Waals surface area contributed by atoms with E-state index >= 15 is 0 Å². The molecule has 0 heterocycles. The summed E-state index contributed by atoms with van der Waals surface area (Å²) in [6.07, 6.45) is 2.21. The average molecular weight is 387 g/mol. The number of aliphatic carboxylic acids is 1. The molecule has 5 heteroatoms. The first-order valence-corrected chi connectivity index (χ1v) is 7.88. The summed E-state index contributed by atoms with van der Waals surface area (Å²) in [6.45, 7) is 2.04. The number of hydrogen-bond acceptors (Lipinski definition) is 2. The number of benzene rings is 1. The maximum Gasteiger partial charge on any atom is 0.307 e. The van der Waals surface area contributed by atoms with Crippen LogP contribution >= 0.6 is 22.6 Å². The molecule has 20 heavy (non-hydrogen) atoms. The molecule has 0 aromatic heterocycles. The van der Waals surface area contributed by atoms with Gasteiger partial charge in [0.05, 0.1) is 11.8 Å². The lowest BCUT2D eigenvalue weighted by Crippen LogP contribution is -2.29. The molecule has 1 saturated carbocycles. The molecule has 2 N–H and O–H groups in total. The van der Waals surface area contributed by atoms with Crippen molar-refractivity contribution < 1.29 is 14.7 Å². The van der Waals surface area contributed by atoms with Crippen molar-refractivity contribution in [3.05, 3.63) is 27.8 Å². The summed E-state index contributed by atoms with van der Waals surface area (Å²) in [4.78, 5) is 23.6. The molecule has 0 bridgehead atoms. The van der Waals surface area contributed by atoms with E-state index in [0.717, 1.165) is 15.7 Å². The van der Waals surface area contributed by atoms with Crippen LogP contribution in [0.2, 0.25) is 0 Å². The molecule has 4 nitrogen and oxygen atoms in total. The Morgan fingerprint density at radius 1 is 1.25 bits per heavy atom. The Bertz CT molecular complexity index is 500. The maximum atomic E-state index is 12.3. The van der Waals surface area contributed by atoms with Crippen molar-refractivity contribution in [2.24, 2.45) is 17.8 Å². The first kappa shape index (κ1) is 15.3. The molecule has 1 aliphatic rings. The molecular weight excluding hydrogens is 369 g/mol. The van der Waals surface area contributed by atoms with Gasteiger partial charge < -0.3 is 10.4 Å². The predicted octanol–water partition coefficient (Wildman–Crippen LogP) is 3.37. The number of nitrogens with one attached hydrogen (secondary N) is 1. The van der Waals surface area contributed by atoms with Crippen LogP contribution in [-0.2, 0) is 9.59 Å². The Balaban J connectivity index is 2.07. The van der Waals surface area contributed by atoms with E-state index in [9.17, 15) is 14.7 Å². The summed E-state index contributed by atoms with van der Waals surface area (Å²) in [5, 5.41) is 12.1. The van der Waals surface area contributed by atoms with E-state index in [4.69, 9.17) is 0 Å². The molecule has 3 atom stereocenters. The van der Waals surface area contributed by atoms with E-state index in [1.54, 1.807) is 0 Å². The highest BCUT2D eigenvalue weighted by atomic mass is 127. The fourth-order valence-corrected chi connectivity index (χ4v) is 3.17. The highest BCUT2D eigenvalue weighted by Crippen LogP contribution is 2.39. The van der Waals surface area contributed by atoms with Gasteiger partial charge in [0.15, 0.2) is 0 Å². The van der Waals surface area contributed by atoms with Gasteiger partial charge in [0.2, 0.25) is 5.91 Å². The maximum absolute atomic E-state index is 12.3. The number of carboxylic acid groups (broad SMARTS) is 1. The van der Waals surface area contributed by atoms with Crippen LogP contribution < -0.4 is 5.32 Å². The molecule has 0 saturated heterocycles. The molecule has 2 rings (SSSR count). The minimum Gasteiger partial charge on any atom is -0.481 e. The fourth-order valence-electron chi connectivity index (χ4n) is 2.81. The third kappa shape index (κ3) is 3.50. The Kier molecular flexibility index (Phi) is 5.01. The minimum absolute atomic E-state index is 0.172. The zero-order valence-corrected chi connectivity index (χ0v) is 13.5. The Labute approximate surface area is 132 Å². The van der Waals surface area contributed by atoms with Gasteiger partial charge in [-0.05, 0) is 65.6 Å². The van der Waals surface area contributed by atoms with Crippen molar-refractivity contribution in [2.75, 3.05) is 5.32 Å². The molecule has 0 radical (unpaired) electrons. The van der Waals surface area contributed by atoms with Gasteiger partial charge in [0.25, 0.3) is 0 Å². The summed E-state index contributed by atoms with van der Waals surface area (Å²) in [5.74, 6) is -1.66. The monoisotopic (exact) mass is 387 g/mol. The second-order valence-electron chi connectivity index (χ2n) is 5.29. The van der Waals surface area contributed by atoms with Gasteiger partial charge in [-0.1, -0.05) is 13.3 Å². The van der Waals surface area contributed by atoms with Gasteiger partial charge in [-0.3, -0.25) is 9.59 Å². The number of carbonyl (C=O) groups excluding carboxylic acids is 1. The van der Waals surface area contributed by atoms with Crippen LogP contribution in [0.25, 0.3) is 0 Å². The Morgan fingerprint density at radius 2 is 1.85 bits per heavy atom. The molecule has 0 aliphatic heterocycles. The van der Waals surface area contributed by atoms with Crippen molar-refractivity contribution in [3.63, 3.8) is 0 Å². The third-order valence-electron chi connectivity index (χ3n) is 4.00. The van der Waals surface area contributed by atoms with Crippen molar-refractivity contribution in [1.82, 2.24) is 0 Å². The number of rotatable bonds is 4. The zero-order chi connectivity index (χ0) is 14.7. The van der Waals surface area contributed by atoms with Crippen LogP contribution in [0.3, 0.4) is 0 Å². The number of anilines is 1. The fraction of sp³-hybridized carbons (Fsp3) is 0.467. The molecular formula is C15H18INO3. The highest BCUT2D eigenvalue weighted by molar-refractivity contribution is 14.1. The minimum atomic E-state index is -0.858. The summed E-state index contributed by atoms with van der Waals surface area (Å²) < 4.78 is 1.09. The standard InChI is InChI=1S/C15H18INO3/c1-2-9-7-12(13(8-9)15(19)20)14(18)17-11-5-3-10(16)4-6-11/h3-6,9,12-13H,2,7-8H2,1H3,(H,17,18)(H,19,20). The highest BCUT2D eigenvalue weighted by Gasteiger charge is 2.42. The zero-order valence-electron chi connectivity index (χ0n) is 11.3. The summed E-state index contributed by atoms with van der Waals surface area (Å²) in [5.41, 5.74) is 0.722.